The van der Waals surface area contributed by atoms with Crippen LogP contribution in [0.1, 0.15) is 18.5 Å². The minimum Gasteiger partial charge on any atom is -0.468 e. The van der Waals surface area contributed by atoms with Gasteiger partial charge in [-0.1, -0.05) is 18.2 Å². The van der Waals surface area contributed by atoms with Crippen LogP contribution in [0.4, 0.5) is 0 Å². The quantitative estimate of drug-likeness (QED) is 0.403. The molecular formula is C21H24N4O4S. The number of rotatable bonds is 8. The van der Waals surface area contributed by atoms with Crippen LogP contribution in [-0.2, 0) is 33.0 Å². The van der Waals surface area contributed by atoms with Gasteiger partial charge in [0.2, 0.25) is 10.0 Å². The van der Waals surface area contributed by atoms with Crippen LogP contribution in [0.2, 0.25) is 0 Å². The van der Waals surface area contributed by atoms with Gasteiger partial charge in [-0.05, 0) is 30.7 Å². The molecule has 2 aromatic heterocycles. The van der Waals surface area contributed by atoms with Crippen molar-refractivity contribution in [2.24, 2.45) is 7.05 Å². The monoisotopic (exact) mass is 429 g/mol. The number of carbonyl (C=O) groups excluding carboxylic acids is 1. The van der Waals surface area contributed by atoms with Crippen molar-refractivity contribution in [3.05, 3.63) is 66.2 Å². The first-order valence-corrected chi connectivity index (χ1v) is 10.7. The summed E-state index contributed by atoms with van der Waals surface area (Å²) in [6, 6.07) is 6.21. The molecule has 0 N–H and O–H groups in total. The Balaban J connectivity index is 1.94. The number of methoxy groups -OCH3 is 1. The molecule has 0 saturated carbocycles. The van der Waals surface area contributed by atoms with Crippen molar-refractivity contribution in [1.82, 2.24) is 18.8 Å². The lowest BCUT2D eigenvalue weighted by atomic mass is 10.1. The fourth-order valence-corrected chi connectivity index (χ4v) is 4.43. The van der Waals surface area contributed by atoms with Crippen LogP contribution in [0.15, 0.2) is 54.1 Å². The molecule has 0 bridgehead atoms. The zero-order chi connectivity index (χ0) is 22.8. The van der Waals surface area contributed by atoms with E-state index in [4.69, 9.17) is 1.37 Å². The number of aryl methyl sites for hydroxylation is 2. The highest BCUT2D eigenvalue weighted by atomic mass is 32.2. The summed E-state index contributed by atoms with van der Waals surface area (Å²) in [6.45, 7) is 4.91. The van der Waals surface area contributed by atoms with E-state index in [9.17, 15) is 13.2 Å². The second-order valence-electron chi connectivity index (χ2n) is 6.74. The molecule has 0 unspecified atom stereocenters. The molecule has 3 rings (SSSR count). The molecule has 158 valence electrons. The standard InChI is InChI=1S/C21H24N4O4S/c1-5-12-25(14-20(26)29-4)30(27,28)17-8-6-16(7-9-17)13-19-21-18(10-11-22-19)23-15(2)24(21)3/h5-11H,1,12-14H2,2-4H3/i8D. The fraction of sp³-hybridized carbons (Fsp3) is 0.286. The van der Waals surface area contributed by atoms with Gasteiger partial charge in [0.25, 0.3) is 0 Å². The maximum absolute atomic E-state index is 13.0. The van der Waals surface area contributed by atoms with E-state index in [1.165, 1.54) is 25.3 Å². The largest absolute Gasteiger partial charge is 0.468 e. The highest BCUT2D eigenvalue weighted by Crippen LogP contribution is 2.22. The molecular weight excluding hydrogens is 404 g/mol. The van der Waals surface area contributed by atoms with Gasteiger partial charge in [0.1, 0.15) is 12.4 Å². The third-order valence-electron chi connectivity index (χ3n) is 4.79. The van der Waals surface area contributed by atoms with E-state index < -0.39 is 22.5 Å². The summed E-state index contributed by atoms with van der Waals surface area (Å²) in [7, 11) is -0.984. The maximum Gasteiger partial charge on any atom is 0.321 e. The fourth-order valence-electron chi connectivity index (χ4n) is 3.13. The Morgan fingerprint density at radius 3 is 2.80 bits per heavy atom. The number of imidazole rings is 1. The summed E-state index contributed by atoms with van der Waals surface area (Å²) in [5.74, 6) is 0.166. The summed E-state index contributed by atoms with van der Waals surface area (Å²) in [4.78, 5) is 20.4. The zero-order valence-corrected chi connectivity index (χ0v) is 17.9. The third-order valence-corrected chi connectivity index (χ3v) is 6.55. The molecule has 0 aliphatic heterocycles. The topological polar surface area (TPSA) is 94.4 Å². The summed E-state index contributed by atoms with van der Waals surface area (Å²) in [5.41, 5.74) is 3.26. The van der Waals surface area contributed by atoms with Gasteiger partial charge in [0.15, 0.2) is 0 Å². The van der Waals surface area contributed by atoms with Crippen molar-refractivity contribution in [3.8, 4) is 0 Å². The van der Waals surface area contributed by atoms with E-state index in [0.29, 0.717) is 6.42 Å². The highest BCUT2D eigenvalue weighted by molar-refractivity contribution is 7.89. The van der Waals surface area contributed by atoms with Crippen LogP contribution in [0.25, 0.3) is 11.0 Å². The molecule has 0 spiro atoms. The van der Waals surface area contributed by atoms with Gasteiger partial charge in [-0.2, -0.15) is 4.31 Å². The van der Waals surface area contributed by atoms with E-state index in [2.05, 4.69) is 21.3 Å². The van der Waals surface area contributed by atoms with Crippen molar-refractivity contribution >= 4 is 27.0 Å². The predicted molar refractivity (Wildman–Crippen MR) is 113 cm³/mol. The SMILES string of the molecule is [2H]c1cc(Cc2nccc3nc(C)n(C)c23)ccc1S(=O)(=O)N(CC=C)CC(=O)OC. The molecule has 2 heterocycles. The molecule has 0 aliphatic rings. The normalized spacial score (nSPS) is 12.2. The number of sulfonamides is 1. The number of esters is 1. The Hall–Kier alpha value is -3.04. The van der Waals surface area contributed by atoms with Crippen molar-refractivity contribution in [1.29, 1.82) is 0 Å². The first kappa shape index (κ1) is 20.2. The van der Waals surface area contributed by atoms with Crippen LogP contribution >= 0.6 is 0 Å². The second kappa shape index (κ2) is 8.76. The molecule has 0 saturated heterocycles. The average Bonchev–Trinajstić information content (AvgIpc) is 3.02. The number of hydrogen-bond donors (Lipinski definition) is 0. The van der Waals surface area contributed by atoms with E-state index in [1.54, 1.807) is 12.3 Å². The van der Waals surface area contributed by atoms with Gasteiger partial charge < -0.3 is 9.30 Å². The van der Waals surface area contributed by atoms with E-state index in [0.717, 1.165) is 32.4 Å². The number of ether oxygens (including phenoxy) is 1. The predicted octanol–water partition coefficient (Wildman–Crippen LogP) is 2.22. The van der Waals surface area contributed by atoms with Gasteiger partial charge in [-0.15, -0.1) is 6.58 Å². The molecule has 0 aliphatic carbocycles. The lowest BCUT2D eigenvalue weighted by Crippen LogP contribution is -2.36. The number of benzene rings is 1. The van der Waals surface area contributed by atoms with Gasteiger partial charge in [-0.3, -0.25) is 9.78 Å². The van der Waals surface area contributed by atoms with Crippen LogP contribution in [0.5, 0.6) is 0 Å². The van der Waals surface area contributed by atoms with Gasteiger partial charge in [-0.25, -0.2) is 13.4 Å². The molecule has 0 amide bonds. The van der Waals surface area contributed by atoms with Crippen molar-refractivity contribution in [2.45, 2.75) is 18.2 Å². The molecule has 8 nitrogen and oxygen atoms in total. The first-order valence-electron chi connectivity index (χ1n) is 9.73. The number of pyridine rings is 1. The number of nitrogens with zero attached hydrogens (tertiary/aromatic N) is 4. The zero-order valence-electron chi connectivity index (χ0n) is 18.1. The van der Waals surface area contributed by atoms with Crippen LogP contribution in [0, 0.1) is 6.92 Å². The second-order valence-corrected chi connectivity index (χ2v) is 8.65. The van der Waals surface area contributed by atoms with Gasteiger partial charge in [0, 0.05) is 26.2 Å². The lowest BCUT2D eigenvalue weighted by Gasteiger charge is -2.19. The van der Waals surface area contributed by atoms with Crippen LogP contribution < -0.4 is 0 Å². The summed E-state index contributed by atoms with van der Waals surface area (Å²) in [6.07, 6.45) is 3.48. The molecule has 9 heteroatoms. The van der Waals surface area contributed by atoms with Gasteiger partial charge in [0.05, 0.1) is 30.1 Å². The number of carbonyl (C=O) groups is 1. The number of fused-ring (bicyclic) bond motifs is 1. The van der Waals surface area contributed by atoms with E-state index >= 15 is 0 Å². The van der Waals surface area contributed by atoms with Crippen molar-refractivity contribution < 1.29 is 19.3 Å². The molecule has 0 radical (unpaired) electrons. The number of hydrogen-bond acceptors (Lipinski definition) is 6. The molecule has 0 fully saturated rings. The van der Waals surface area contributed by atoms with Gasteiger partial charge >= 0.3 is 5.97 Å². The van der Waals surface area contributed by atoms with E-state index in [-0.39, 0.29) is 17.5 Å². The molecule has 1 aromatic carbocycles. The lowest BCUT2D eigenvalue weighted by molar-refractivity contribution is -0.140. The Labute approximate surface area is 177 Å². The van der Waals surface area contributed by atoms with Crippen molar-refractivity contribution in [3.63, 3.8) is 0 Å². The molecule has 3 aromatic rings. The smallest absolute Gasteiger partial charge is 0.321 e. The molecule has 0 atom stereocenters. The Kier molecular flexibility index (Phi) is 5.91. The highest BCUT2D eigenvalue weighted by Gasteiger charge is 2.26. The Morgan fingerprint density at radius 2 is 2.13 bits per heavy atom. The summed E-state index contributed by atoms with van der Waals surface area (Å²) < 4.78 is 41.8. The average molecular weight is 430 g/mol. The summed E-state index contributed by atoms with van der Waals surface area (Å²) >= 11 is 0. The van der Waals surface area contributed by atoms with Crippen molar-refractivity contribution in [2.75, 3.05) is 20.2 Å². The Morgan fingerprint density at radius 1 is 1.37 bits per heavy atom. The Bertz CT molecular complexity index is 1250. The number of aromatic nitrogens is 3. The van der Waals surface area contributed by atoms with E-state index in [1.807, 2.05) is 24.6 Å². The van der Waals surface area contributed by atoms with Crippen LogP contribution in [0.3, 0.4) is 0 Å². The molecule has 30 heavy (non-hydrogen) atoms. The van der Waals surface area contributed by atoms with Crippen LogP contribution in [-0.4, -0.2) is 53.4 Å². The minimum atomic E-state index is -4.08. The minimum absolute atomic E-state index is 0.0790. The first-order chi connectivity index (χ1) is 14.7. The third kappa shape index (κ3) is 4.27. The summed E-state index contributed by atoms with van der Waals surface area (Å²) in [5, 5.41) is 0. The maximum atomic E-state index is 13.0.